The fraction of sp³-hybridized carbons (Fsp3) is 0.917. The summed E-state index contributed by atoms with van der Waals surface area (Å²) in [6.07, 6.45) is 2.26. The van der Waals surface area contributed by atoms with Gasteiger partial charge in [-0.2, -0.15) is 0 Å². The third kappa shape index (κ3) is 3.33. The van der Waals surface area contributed by atoms with Crippen molar-refractivity contribution in [2.24, 2.45) is 11.8 Å². The van der Waals surface area contributed by atoms with Crippen molar-refractivity contribution >= 4 is 18.3 Å². The van der Waals surface area contributed by atoms with E-state index >= 15 is 0 Å². The Bertz CT molecular complexity index is 257. The van der Waals surface area contributed by atoms with Gasteiger partial charge in [-0.25, -0.2) is 0 Å². The van der Waals surface area contributed by atoms with Gasteiger partial charge in [-0.3, -0.25) is 4.79 Å². The molecule has 5 heteroatoms. The van der Waals surface area contributed by atoms with Gasteiger partial charge in [0.25, 0.3) is 0 Å². The summed E-state index contributed by atoms with van der Waals surface area (Å²) in [6, 6.07) is 0. The van der Waals surface area contributed by atoms with Gasteiger partial charge >= 0.3 is 0 Å². The van der Waals surface area contributed by atoms with Crippen molar-refractivity contribution in [3.05, 3.63) is 0 Å². The summed E-state index contributed by atoms with van der Waals surface area (Å²) in [6.45, 7) is 5.70. The number of nitrogens with zero attached hydrogens (tertiary/aromatic N) is 1. The number of hydrogen-bond donors (Lipinski definition) is 1. The largest absolute Gasteiger partial charge is 0.379 e. The number of nitrogens with one attached hydrogen (secondary N) is 1. The quantitative estimate of drug-likeness (QED) is 0.804. The molecule has 1 amide bonds. The minimum absolute atomic E-state index is 0. The van der Waals surface area contributed by atoms with E-state index in [-0.39, 0.29) is 24.4 Å². The van der Waals surface area contributed by atoms with Crippen LogP contribution in [0.1, 0.15) is 19.8 Å². The smallest absolute Gasteiger partial charge is 0.227 e. The molecule has 0 radical (unpaired) electrons. The van der Waals surface area contributed by atoms with Crippen LogP contribution in [0.25, 0.3) is 0 Å². The van der Waals surface area contributed by atoms with Crippen LogP contribution in [0.15, 0.2) is 0 Å². The first-order chi connectivity index (χ1) is 7.72. The average Bonchev–Trinajstić information content (AvgIpc) is 2.82. The molecular formula is C12H23ClN2O2. The molecule has 0 bridgehead atoms. The van der Waals surface area contributed by atoms with Gasteiger partial charge in [0.15, 0.2) is 0 Å². The Balaban J connectivity index is 0.00000144. The summed E-state index contributed by atoms with van der Waals surface area (Å²) in [5, 5.41) is 3.25. The monoisotopic (exact) mass is 262 g/mol. The van der Waals surface area contributed by atoms with Crippen molar-refractivity contribution in [2.75, 3.05) is 33.3 Å². The Morgan fingerprint density at radius 1 is 1.41 bits per heavy atom. The Morgan fingerprint density at radius 2 is 2.18 bits per heavy atom. The van der Waals surface area contributed by atoms with E-state index < -0.39 is 0 Å². The first-order valence-corrected chi connectivity index (χ1v) is 6.24. The van der Waals surface area contributed by atoms with Crippen LogP contribution >= 0.6 is 12.4 Å². The number of carbonyl (C=O) groups excluding carboxylic acids is 1. The normalized spacial score (nSPS) is 33.3. The topological polar surface area (TPSA) is 41.6 Å². The van der Waals surface area contributed by atoms with E-state index in [0.29, 0.717) is 11.8 Å². The molecule has 0 aromatic carbocycles. The Labute approximate surface area is 109 Å². The number of carbonyl (C=O) groups is 1. The molecule has 2 saturated heterocycles. The highest BCUT2D eigenvalue weighted by molar-refractivity contribution is 5.85. The standard InChI is InChI=1S/C12H22N2O2.ClH/c1-9-4-6-14(8-11(9)16-2)12(15)10-3-5-13-7-10;/h9-11,13H,3-8H2,1-2H3;1H. The summed E-state index contributed by atoms with van der Waals surface area (Å²) in [5.41, 5.74) is 0. The van der Waals surface area contributed by atoms with Crippen molar-refractivity contribution in [1.29, 1.82) is 0 Å². The van der Waals surface area contributed by atoms with Crippen molar-refractivity contribution < 1.29 is 9.53 Å². The molecule has 100 valence electrons. The van der Waals surface area contributed by atoms with Gasteiger partial charge < -0.3 is 15.0 Å². The van der Waals surface area contributed by atoms with Gasteiger partial charge in [0.2, 0.25) is 5.91 Å². The SMILES string of the molecule is COC1CN(C(=O)C2CCNC2)CCC1C.Cl. The highest BCUT2D eigenvalue weighted by Gasteiger charge is 2.33. The molecule has 2 heterocycles. The van der Waals surface area contributed by atoms with Gasteiger partial charge in [-0.1, -0.05) is 6.92 Å². The van der Waals surface area contributed by atoms with E-state index in [0.717, 1.165) is 39.0 Å². The van der Waals surface area contributed by atoms with Crippen LogP contribution in [0.5, 0.6) is 0 Å². The highest BCUT2D eigenvalue weighted by Crippen LogP contribution is 2.22. The average molecular weight is 263 g/mol. The van der Waals surface area contributed by atoms with Crippen LogP contribution in [-0.4, -0.2) is 50.2 Å². The summed E-state index contributed by atoms with van der Waals surface area (Å²) >= 11 is 0. The molecular weight excluding hydrogens is 240 g/mol. The first-order valence-electron chi connectivity index (χ1n) is 6.24. The third-order valence-electron chi connectivity index (χ3n) is 3.91. The summed E-state index contributed by atoms with van der Waals surface area (Å²) in [5.74, 6) is 1.08. The molecule has 17 heavy (non-hydrogen) atoms. The zero-order chi connectivity index (χ0) is 11.5. The molecule has 0 aromatic rings. The number of rotatable bonds is 2. The molecule has 0 spiro atoms. The maximum atomic E-state index is 12.2. The molecule has 0 saturated carbocycles. The lowest BCUT2D eigenvalue weighted by Crippen LogP contribution is -2.48. The van der Waals surface area contributed by atoms with Crippen molar-refractivity contribution in [3.63, 3.8) is 0 Å². The molecule has 2 rings (SSSR count). The molecule has 3 unspecified atom stereocenters. The lowest BCUT2D eigenvalue weighted by molar-refractivity contribution is -0.139. The van der Waals surface area contributed by atoms with Gasteiger partial charge in [-0.05, 0) is 25.3 Å². The van der Waals surface area contributed by atoms with E-state index in [9.17, 15) is 4.79 Å². The Morgan fingerprint density at radius 3 is 2.76 bits per heavy atom. The van der Waals surface area contributed by atoms with Gasteiger partial charge in [-0.15, -0.1) is 12.4 Å². The van der Waals surface area contributed by atoms with Crippen LogP contribution in [0.3, 0.4) is 0 Å². The van der Waals surface area contributed by atoms with Crippen LogP contribution in [-0.2, 0) is 9.53 Å². The van der Waals surface area contributed by atoms with E-state index in [2.05, 4.69) is 12.2 Å². The van der Waals surface area contributed by atoms with Crippen LogP contribution in [0.2, 0.25) is 0 Å². The van der Waals surface area contributed by atoms with Crippen molar-refractivity contribution in [3.8, 4) is 0 Å². The first kappa shape index (κ1) is 14.7. The zero-order valence-electron chi connectivity index (χ0n) is 10.6. The molecule has 4 nitrogen and oxygen atoms in total. The summed E-state index contributed by atoms with van der Waals surface area (Å²) < 4.78 is 5.44. The number of hydrogen-bond acceptors (Lipinski definition) is 3. The van der Waals surface area contributed by atoms with E-state index in [1.165, 1.54) is 0 Å². The predicted molar refractivity (Wildman–Crippen MR) is 69.4 cm³/mol. The molecule has 0 aliphatic carbocycles. The fourth-order valence-corrected chi connectivity index (χ4v) is 2.66. The minimum atomic E-state index is 0. The minimum Gasteiger partial charge on any atom is -0.379 e. The van der Waals surface area contributed by atoms with E-state index in [4.69, 9.17) is 4.74 Å². The van der Waals surface area contributed by atoms with E-state index in [1.54, 1.807) is 7.11 Å². The molecule has 3 atom stereocenters. The summed E-state index contributed by atoms with van der Waals surface area (Å²) in [4.78, 5) is 14.2. The molecule has 2 fully saturated rings. The number of piperidine rings is 1. The Hall–Kier alpha value is -0.320. The summed E-state index contributed by atoms with van der Waals surface area (Å²) in [7, 11) is 1.74. The number of amides is 1. The van der Waals surface area contributed by atoms with Crippen LogP contribution in [0.4, 0.5) is 0 Å². The van der Waals surface area contributed by atoms with Crippen molar-refractivity contribution in [1.82, 2.24) is 10.2 Å². The fourth-order valence-electron chi connectivity index (χ4n) is 2.66. The molecule has 1 N–H and O–H groups in total. The zero-order valence-corrected chi connectivity index (χ0v) is 11.5. The van der Waals surface area contributed by atoms with Gasteiger partial charge in [0.1, 0.15) is 0 Å². The molecule has 0 aromatic heterocycles. The van der Waals surface area contributed by atoms with E-state index in [1.807, 2.05) is 4.90 Å². The lowest BCUT2D eigenvalue weighted by atomic mass is 9.94. The van der Waals surface area contributed by atoms with Crippen LogP contribution < -0.4 is 5.32 Å². The number of methoxy groups -OCH3 is 1. The maximum Gasteiger partial charge on any atom is 0.227 e. The lowest BCUT2D eigenvalue weighted by Gasteiger charge is -2.37. The second kappa shape index (κ2) is 6.57. The predicted octanol–water partition coefficient (Wildman–Crippen LogP) is 0.901. The number of halogens is 1. The third-order valence-corrected chi connectivity index (χ3v) is 3.91. The highest BCUT2D eigenvalue weighted by atomic mass is 35.5. The maximum absolute atomic E-state index is 12.2. The Kier molecular flexibility index (Phi) is 5.70. The van der Waals surface area contributed by atoms with Gasteiger partial charge in [0, 0.05) is 26.7 Å². The van der Waals surface area contributed by atoms with Crippen LogP contribution in [0, 0.1) is 11.8 Å². The number of likely N-dealkylation sites (tertiary alicyclic amines) is 1. The molecule has 2 aliphatic heterocycles. The van der Waals surface area contributed by atoms with Gasteiger partial charge in [0.05, 0.1) is 12.0 Å². The molecule has 2 aliphatic rings. The second-order valence-electron chi connectivity index (χ2n) is 5.01. The number of ether oxygens (including phenoxy) is 1. The second-order valence-corrected chi connectivity index (χ2v) is 5.01. The van der Waals surface area contributed by atoms with Crippen molar-refractivity contribution in [2.45, 2.75) is 25.9 Å².